The molecule has 2 unspecified atom stereocenters. The first-order valence-corrected chi connectivity index (χ1v) is 9.36. The van der Waals surface area contributed by atoms with E-state index in [1.54, 1.807) is 19.1 Å². The number of amides is 1. The lowest BCUT2D eigenvalue weighted by Crippen LogP contribution is -2.25. The summed E-state index contributed by atoms with van der Waals surface area (Å²) in [7, 11) is -1.64. The van der Waals surface area contributed by atoms with Gasteiger partial charge >= 0.3 is 6.18 Å². The van der Waals surface area contributed by atoms with E-state index in [4.69, 9.17) is 10.5 Å². The summed E-state index contributed by atoms with van der Waals surface area (Å²) < 4.78 is 55.3. The summed E-state index contributed by atoms with van der Waals surface area (Å²) in [6, 6.07) is 6.24. The Labute approximate surface area is 154 Å². The molecule has 1 amide bonds. The van der Waals surface area contributed by atoms with Gasteiger partial charge in [0.25, 0.3) is 0 Å². The van der Waals surface area contributed by atoms with Crippen molar-refractivity contribution in [3.63, 3.8) is 0 Å². The highest BCUT2D eigenvalue weighted by Gasteiger charge is 2.34. The minimum absolute atomic E-state index is 0.0368. The fourth-order valence-electron chi connectivity index (χ4n) is 1.96. The second kappa shape index (κ2) is 8.71. The third-order valence-corrected chi connectivity index (χ3v) is 5.76. The first kappa shape index (κ1) is 20.5. The van der Waals surface area contributed by atoms with Crippen LogP contribution in [0.25, 0.3) is 0 Å². The van der Waals surface area contributed by atoms with Gasteiger partial charge in [0.05, 0.1) is 28.0 Å². The van der Waals surface area contributed by atoms with E-state index in [0.717, 1.165) is 6.20 Å². The van der Waals surface area contributed by atoms with Crippen molar-refractivity contribution in [1.82, 2.24) is 10.3 Å². The molecule has 0 saturated carbocycles. The van der Waals surface area contributed by atoms with Crippen molar-refractivity contribution in [2.75, 3.05) is 6.73 Å². The predicted molar refractivity (Wildman–Crippen MR) is 90.7 cm³/mol. The molecule has 11 heteroatoms. The van der Waals surface area contributed by atoms with Crippen molar-refractivity contribution in [3.05, 3.63) is 45.9 Å². The monoisotopic (exact) mass is 407 g/mol. The smallest absolute Gasteiger partial charge is 0.366 e. The molecule has 0 aliphatic heterocycles. The molecule has 6 nitrogen and oxygen atoms in total. The maximum absolute atomic E-state index is 12.5. The number of primary amides is 1. The summed E-state index contributed by atoms with van der Waals surface area (Å²) in [6.07, 6.45) is -3.32. The molecule has 1 aromatic heterocycles. The van der Waals surface area contributed by atoms with E-state index in [1.165, 1.54) is 12.1 Å². The predicted octanol–water partition coefficient (Wildman–Crippen LogP) is 2.48. The van der Waals surface area contributed by atoms with Gasteiger partial charge in [0.2, 0.25) is 5.91 Å². The fourth-order valence-corrected chi connectivity index (χ4v) is 3.85. The van der Waals surface area contributed by atoms with Gasteiger partial charge in [0.1, 0.15) is 5.44 Å². The molecule has 1 heterocycles. The molecule has 0 aliphatic rings. The summed E-state index contributed by atoms with van der Waals surface area (Å²) in [5, 5.41) is 1.89. The lowest BCUT2D eigenvalue weighted by atomic mass is 10.2. The van der Waals surface area contributed by atoms with Crippen molar-refractivity contribution in [3.8, 4) is 0 Å². The molecule has 2 atom stereocenters. The molecule has 26 heavy (non-hydrogen) atoms. The molecule has 0 saturated heterocycles. The lowest BCUT2D eigenvalue weighted by molar-refractivity contribution is -0.137. The Morgan fingerprint density at radius 3 is 2.73 bits per heavy atom. The number of hydrogen-bond donors (Lipinski definition) is 2. The summed E-state index contributed by atoms with van der Waals surface area (Å²) in [4.78, 5) is 15.4. The largest absolute Gasteiger partial charge is 0.443 e. The zero-order chi connectivity index (χ0) is 19.3. The average Bonchev–Trinajstić information content (AvgIpc) is 3.07. The van der Waals surface area contributed by atoms with E-state index in [2.05, 4.69) is 10.3 Å². The van der Waals surface area contributed by atoms with E-state index in [0.29, 0.717) is 16.2 Å². The van der Waals surface area contributed by atoms with Crippen molar-refractivity contribution < 1.29 is 26.9 Å². The maximum Gasteiger partial charge on any atom is 0.443 e. The van der Waals surface area contributed by atoms with Gasteiger partial charge in [-0.05, 0) is 19.1 Å². The molecular formula is C15H16F3N3O3S2. The zero-order valence-corrected chi connectivity index (χ0v) is 15.2. The highest BCUT2D eigenvalue weighted by molar-refractivity contribution is 7.85. The third-order valence-electron chi connectivity index (χ3n) is 3.19. The van der Waals surface area contributed by atoms with Gasteiger partial charge in [-0.1, -0.05) is 12.1 Å². The first-order valence-electron chi connectivity index (χ1n) is 7.33. The van der Waals surface area contributed by atoms with Crippen molar-refractivity contribution in [1.29, 1.82) is 0 Å². The Hall–Kier alpha value is -1.82. The van der Waals surface area contributed by atoms with E-state index in [1.807, 2.05) is 0 Å². The molecule has 0 bridgehead atoms. The van der Waals surface area contributed by atoms with Gasteiger partial charge in [-0.2, -0.15) is 13.2 Å². The van der Waals surface area contributed by atoms with E-state index in [9.17, 15) is 22.2 Å². The number of hydrogen-bond acceptors (Lipinski definition) is 6. The molecule has 1 aromatic carbocycles. The summed E-state index contributed by atoms with van der Waals surface area (Å²) in [5.74, 6) is -0.690. The van der Waals surface area contributed by atoms with Crippen LogP contribution in [0.15, 0.2) is 35.4 Å². The molecule has 0 aliphatic carbocycles. The number of nitrogens with zero attached hydrogens (tertiary/aromatic N) is 1. The van der Waals surface area contributed by atoms with Crippen LogP contribution in [0.3, 0.4) is 0 Å². The number of aromatic nitrogens is 1. The molecule has 2 rings (SSSR count). The Bertz CT molecular complexity index is 796. The van der Waals surface area contributed by atoms with Crippen LogP contribution < -0.4 is 11.1 Å². The minimum Gasteiger partial charge on any atom is -0.366 e. The number of carbonyl (C=O) groups is 1. The van der Waals surface area contributed by atoms with E-state index in [-0.39, 0.29) is 23.7 Å². The molecular weight excluding hydrogens is 391 g/mol. The first-order chi connectivity index (χ1) is 12.2. The second-order valence-electron chi connectivity index (χ2n) is 5.09. The van der Waals surface area contributed by atoms with Crippen molar-refractivity contribution in [2.24, 2.45) is 5.73 Å². The number of benzene rings is 1. The Morgan fingerprint density at radius 2 is 2.12 bits per heavy atom. The maximum atomic E-state index is 12.5. The number of ether oxygens (including phenoxy) is 1. The van der Waals surface area contributed by atoms with E-state index >= 15 is 0 Å². The van der Waals surface area contributed by atoms with Gasteiger partial charge in [0, 0.05) is 17.6 Å². The molecule has 0 spiro atoms. The number of rotatable bonds is 8. The zero-order valence-electron chi connectivity index (χ0n) is 13.6. The SMILES string of the molecule is CC(OCNCc1cnc(C(F)(F)F)s1)S(=O)c1ccccc1C(N)=O. The van der Waals surface area contributed by atoms with Crippen LogP contribution >= 0.6 is 11.3 Å². The van der Waals surface area contributed by atoms with Crippen LogP contribution in [0, 0.1) is 0 Å². The van der Waals surface area contributed by atoms with Crippen LogP contribution in [-0.4, -0.2) is 27.3 Å². The van der Waals surface area contributed by atoms with Crippen molar-refractivity contribution in [2.45, 2.75) is 30.0 Å². The molecule has 0 fully saturated rings. The minimum atomic E-state index is -4.46. The summed E-state index contributed by atoms with van der Waals surface area (Å²) in [5.41, 5.74) is 4.66. The normalized spacial score (nSPS) is 14.2. The molecule has 0 radical (unpaired) electrons. The van der Waals surface area contributed by atoms with Crippen LogP contribution in [0.2, 0.25) is 0 Å². The Kier molecular flexibility index (Phi) is 6.87. The quantitative estimate of drug-likeness (QED) is 0.518. The molecule has 3 N–H and O–H groups in total. The van der Waals surface area contributed by atoms with Gasteiger partial charge in [0.15, 0.2) is 5.01 Å². The number of nitrogens with two attached hydrogens (primary N) is 1. The summed E-state index contributed by atoms with van der Waals surface area (Å²) >= 11 is 0.541. The second-order valence-corrected chi connectivity index (χ2v) is 7.91. The van der Waals surface area contributed by atoms with Crippen LogP contribution in [0.4, 0.5) is 13.2 Å². The molecule has 142 valence electrons. The number of alkyl halides is 3. The van der Waals surface area contributed by atoms with E-state index < -0.39 is 33.3 Å². The highest BCUT2D eigenvalue weighted by atomic mass is 32.2. The van der Waals surface area contributed by atoms with Crippen LogP contribution in [0.5, 0.6) is 0 Å². The van der Waals surface area contributed by atoms with Gasteiger partial charge in [-0.3, -0.25) is 14.3 Å². The Balaban J connectivity index is 1.85. The van der Waals surface area contributed by atoms with Crippen LogP contribution in [-0.2, 0) is 28.3 Å². The standard InChI is InChI=1S/C15H16F3N3O3S2/c1-9(26(23)12-5-3-2-4-11(12)13(19)22)24-8-20-6-10-7-21-14(25-10)15(16,17)18/h2-5,7,9,20H,6,8H2,1H3,(H2,19,22). The number of thiazole rings is 1. The highest BCUT2D eigenvalue weighted by Crippen LogP contribution is 2.32. The summed E-state index contributed by atoms with van der Waals surface area (Å²) in [6.45, 7) is 1.65. The van der Waals surface area contributed by atoms with Crippen LogP contribution in [0.1, 0.15) is 27.2 Å². The lowest BCUT2D eigenvalue weighted by Gasteiger charge is -2.14. The number of halogens is 3. The van der Waals surface area contributed by atoms with Gasteiger partial charge in [-0.15, -0.1) is 11.3 Å². The Morgan fingerprint density at radius 1 is 1.42 bits per heavy atom. The average molecular weight is 407 g/mol. The van der Waals surface area contributed by atoms with Gasteiger partial charge in [-0.25, -0.2) is 4.98 Å². The topological polar surface area (TPSA) is 94.3 Å². The number of carbonyl (C=O) groups excluding carboxylic acids is 1. The fraction of sp³-hybridized carbons (Fsp3) is 0.333. The van der Waals surface area contributed by atoms with Gasteiger partial charge < -0.3 is 10.5 Å². The molecule has 2 aromatic rings. The van der Waals surface area contributed by atoms with Crippen molar-refractivity contribution >= 4 is 28.0 Å². The third kappa shape index (κ3) is 5.34. The number of nitrogens with one attached hydrogen (secondary N) is 1.